The molecule has 1 saturated heterocycles. The quantitative estimate of drug-likeness (QED) is 0.264. The number of fused-ring (bicyclic) bond motifs is 9. The first-order valence-electron chi connectivity index (χ1n) is 17.1. The van der Waals surface area contributed by atoms with E-state index in [2.05, 4.69) is 26.5 Å². The summed E-state index contributed by atoms with van der Waals surface area (Å²) in [5.41, 5.74) is 5.45. The molecular weight excluding hydrogens is 865 g/mol. The molecule has 0 aliphatic carbocycles. The number of carbonyl (C=O) groups is 2. The van der Waals surface area contributed by atoms with Crippen LogP contribution in [0.15, 0.2) is 36.4 Å². The van der Waals surface area contributed by atoms with E-state index in [1.54, 1.807) is 13.8 Å². The molecule has 12 nitrogen and oxygen atoms in total. The van der Waals surface area contributed by atoms with Crippen LogP contribution in [0.3, 0.4) is 0 Å². The number of rotatable bonds is 8. The second-order valence-corrected chi connectivity index (χ2v) is 13.8. The van der Waals surface area contributed by atoms with Crippen LogP contribution >= 0.6 is 0 Å². The summed E-state index contributed by atoms with van der Waals surface area (Å²) < 4.78 is 17.5. The Morgan fingerprint density at radius 3 is 2.51 bits per heavy atom. The first-order chi connectivity index (χ1) is 24.0. The van der Waals surface area contributed by atoms with Gasteiger partial charge in [-0.2, -0.15) is 5.26 Å². The van der Waals surface area contributed by atoms with Crippen LogP contribution in [0.1, 0.15) is 64.4 Å². The summed E-state index contributed by atoms with van der Waals surface area (Å²) in [6, 6.07) is 11.3. The van der Waals surface area contributed by atoms with Crippen molar-refractivity contribution in [2.24, 2.45) is 0 Å². The molecule has 2 unspecified atom stereocenters. The third-order valence-corrected chi connectivity index (χ3v) is 11.0. The van der Waals surface area contributed by atoms with Crippen LogP contribution < -0.4 is 24.8 Å². The number of aryl methyl sites for hydroxylation is 2. The molecule has 1 fully saturated rings. The van der Waals surface area contributed by atoms with Gasteiger partial charge >= 0.3 is 0 Å². The molecule has 0 aromatic heterocycles. The molecule has 4 aliphatic rings. The molecule has 13 heteroatoms. The Hall–Kier alpha value is -3.55. The molecule has 3 aromatic carbocycles. The smallest absolute Gasteiger partial charge is 0.242 e. The van der Waals surface area contributed by atoms with E-state index >= 15 is 0 Å². The van der Waals surface area contributed by atoms with E-state index in [4.69, 9.17) is 14.2 Å². The van der Waals surface area contributed by atoms with Gasteiger partial charge in [-0.3, -0.25) is 19.4 Å². The molecule has 3 aromatic rings. The molecule has 2 bridgehead atoms. The van der Waals surface area contributed by atoms with Crippen molar-refractivity contribution in [2.75, 3.05) is 27.5 Å². The number of piperazine rings is 1. The molecule has 0 spiro atoms. The topological polar surface area (TPSA) is 157 Å². The standard InChI is InChI=1S/C38H43N5O7.Ac/c1-19-13-23-14-25-27(16-39)43-26(32(42(25)4)30(23)34(46)35(19)48-5)15-24-31(37-36(49-18-50-37)20(2)33(24)45)28(43)17-40-38(47)21(3)41-29(44)12-11-22-9-7-6-8-10-22;/h6-10,13,21,25-28,32,45-46H,11-12,14-15,17-18H2,1-5H3,(H,40,47)(H,41,44);/t21?,25-,26?,27-,28-,32-;/m0./s1. The summed E-state index contributed by atoms with van der Waals surface area (Å²) in [6.07, 6.45) is 1.68. The Kier molecular flexibility index (Phi) is 10.8. The van der Waals surface area contributed by atoms with Gasteiger partial charge in [0.05, 0.1) is 25.3 Å². The van der Waals surface area contributed by atoms with Crippen LogP contribution in [0.2, 0.25) is 0 Å². The zero-order valence-corrected chi connectivity index (χ0v) is 34.3. The number of methoxy groups -OCH3 is 1. The number of hydrogen-bond acceptors (Lipinski definition) is 10. The van der Waals surface area contributed by atoms with Crippen molar-refractivity contribution < 1.29 is 78.1 Å². The van der Waals surface area contributed by atoms with Crippen molar-refractivity contribution in [2.45, 2.75) is 82.7 Å². The molecule has 4 N–H and O–H groups in total. The molecule has 0 saturated carbocycles. The maximum absolute atomic E-state index is 13.6. The molecule has 6 atom stereocenters. The number of aromatic hydroxyl groups is 2. The average molecular weight is 909 g/mol. The zero-order valence-electron chi connectivity index (χ0n) is 29.5. The number of likely N-dealkylation sites (N-methyl/N-ethyl adjacent to an activating group) is 1. The molecule has 7 rings (SSSR count). The summed E-state index contributed by atoms with van der Waals surface area (Å²) in [5.74, 6) is 0.900. The summed E-state index contributed by atoms with van der Waals surface area (Å²) in [6.45, 7) is 5.38. The number of ether oxygens (including phenoxy) is 3. The van der Waals surface area contributed by atoms with Crippen LogP contribution in [-0.4, -0.2) is 83.5 Å². The number of nitriles is 1. The minimum absolute atomic E-state index is 0. The van der Waals surface area contributed by atoms with Gasteiger partial charge in [-0.25, -0.2) is 0 Å². The maximum atomic E-state index is 13.6. The molecule has 1 radical (unpaired) electrons. The Balaban J connectivity index is 0.00000448. The fourth-order valence-electron chi connectivity index (χ4n) is 8.67. The van der Waals surface area contributed by atoms with Gasteiger partial charge in [0.15, 0.2) is 23.0 Å². The third-order valence-electron chi connectivity index (χ3n) is 11.0. The Bertz CT molecular complexity index is 1900. The van der Waals surface area contributed by atoms with Crippen LogP contribution in [0.4, 0.5) is 0 Å². The maximum Gasteiger partial charge on any atom is 0.242 e. The molecule has 4 heterocycles. The number of nitrogens with one attached hydrogen (secondary N) is 2. The predicted molar refractivity (Wildman–Crippen MR) is 183 cm³/mol. The van der Waals surface area contributed by atoms with Gasteiger partial charge in [-0.05, 0) is 63.8 Å². The zero-order chi connectivity index (χ0) is 35.4. The van der Waals surface area contributed by atoms with E-state index in [1.807, 2.05) is 50.4 Å². The number of phenolic OH excluding ortho intramolecular Hbond substituents is 2. The van der Waals surface area contributed by atoms with Gasteiger partial charge in [0.2, 0.25) is 18.6 Å². The largest absolute Gasteiger partial charge is 0.507 e. The molecule has 2 amide bonds. The number of nitrogens with zero attached hydrogens (tertiary/aromatic N) is 3. The van der Waals surface area contributed by atoms with Crippen LogP contribution in [0.25, 0.3) is 0 Å². The van der Waals surface area contributed by atoms with Gasteiger partial charge in [0, 0.05) is 91.4 Å². The SMILES string of the molecule is COc1c(C)cc2c(c1O)[C@@H]1C3Cc4c(O)c(C)c5c(c4[C@H](CNC(=O)C(C)NC(=O)CCc4ccccc4)N3[C@@H](C#N)[C@H](C2)N1C)OCO5.[Ac]. The third kappa shape index (κ3) is 6.33. The summed E-state index contributed by atoms with van der Waals surface area (Å²) >= 11 is 0. The van der Waals surface area contributed by atoms with E-state index < -0.39 is 18.1 Å². The average Bonchev–Trinajstić information content (AvgIpc) is 3.59. The number of hydrogen-bond donors (Lipinski definition) is 4. The van der Waals surface area contributed by atoms with E-state index in [-0.39, 0.29) is 105 Å². The first kappa shape index (κ1) is 37.2. The van der Waals surface area contributed by atoms with Crippen molar-refractivity contribution >= 4 is 11.8 Å². The van der Waals surface area contributed by atoms with Gasteiger partial charge in [-0.15, -0.1) is 0 Å². The monoisotopic (exact) mass is 908 g/mol. The fourth-order valence-corrected chi connectivity index (χ4v) is 8.67. The van der Waals surface area contributed by atoms with Crippen LogP contribution in [-0.2, 0) is 28.9 Å². The summed E-state index contributed by atoms with van der Waals surface area (Å²) in [7, 11) is 3.51. The number of amides is 2. The van der Waals surface area contributed by atoms with Crippen molar-refractivity contribution in [1.82, 2.24) is 20.4 Å². The Morgan fingerprint density at radius 1 is 1.08 bits per heavy atom. The second kappa shape index (κ2) is 14.8. The summed E-state index contributed by atoms with van der Waals surface area (Å²) in [4.78, 5) is 30.6. The van der Waals surface area contributed by atoms with Gasteiger partial charge < -0.3 is 35.1 Å². The van der Waals surface area contributed by atoms with E-state index in [0.717, 1.165) is 22.3 Å². The molecule has 265 valence electrons. The van der Waals surface area contributed by atoms with Crippen molar-refractivity contribution in [1.29, 1.82) is 5.26 Å². The molecule has 4 aliphatic heterocycles. The number of benzene rings is 3. The minimum Gasteiger partial charge on any atom is -0.507 e. The predicted octanol–water partition coefficient (Wildman–Crippen LogP) is 3.48. The second-order valence-electron chi connectivity index (χ2n) is 13.8. The molecular formula is C38H43AcN5O7. The van der Waals surface area contributed by atoms with Gasteiger partial charge in [0.1, 0.15) is 17.8 Å². The van der Waals surface area contributed by atoms with Crippen molar-refractivity contribution in [3.8, 4) is 34.8 Å². The van der Waals surface area contributed by atoms with E-state index in [0.29, 0.717) is 53.2 Å². The van der Waals surface area contributed by atoms with Gasteiger partial charge in [-0.1, -0.05) is 36.4 Å². The number of carbonyl (C=O) groups excluding carboxylic acids is 2. The Morgan fingerprint density at radius 2 is 1.80 bits per heavy atom. The minimum atomic E-state index is -0.813. The van der Waals surface area contributed by atoms with Crippen molar-refractivity contribution in [3.05, 3.63) is 75.3 Å². The summed E-state index contributed by atoms with van der Waals surface area (Å²) in [5, 5.41) is 40.0. The van der Waals surface area contributed by atoms with E-state index in [9.17, 15) is 25.1 Å². The van der Waals surface area contributed by atoms with Crippen molar-refractivity contribution in [3.63, 3.8) is 0 Å². The van der Waals surface area contributed by atoms with Gasteiger partial charge in [0.25, 0.3) is 0 Å². The van der Waals surface area contributed by atoms with Crippen LogP contribution in [0, 0.1) is 69.2 Å². The normalized spacial score (nSPS) is 23.4. The first-order valence-corrected chi connectivity index (χ1v) is 17.1. The van der Waals surface area contributed by atoms with E-state index in [1.165, 1.54) is 7.11 Å². The van der Waals surface area contributed by atoms with Crippen LogP contribution in [0.5, 0.6) is 28.7 Å². The molecule has 51 heavy (non-hydrogen) atoms. The fraction of sp³-hybridized carbons (Fsp3) is 0.447. The number of phenols is 2. The Labute approximate surface area is 333 Å².